The fourth-order valence-corrected chi connectivity index (χ4v) is 4.95. The molecular weight excluding hydrogens is 398 g/mol. The third-order valence-electron chi connectivity index (χ3n) is 4.19. The quantitative estimate of drug-likeness (QED) is 0.679. The van der Waals surface area contributed by atoms with Crippen LogP contribution in [0, 0.1) is 5.41 Å². The summed E-state index contributed by atoms with van der Waals surface area (Å²) in [6.07, 6.45) is 4.80. The van der Waals surface area contributed by atoms with Gasteiger partial charge < -0.3 is 10.0 Å². The Morgan fingerprint density at radius 1 is 1.24 bits per heavy atom. The number of hydrogen-bond acceptors (Lipinski definition) is 2. The van der Waals surface area contributed by atoms with Crippen LogP contribution in [-0.4, -0.2) is 24.2 Å². The van der Waals surface area contributed by atoms with Crippen LogP contribution in [0.25, 0.3) is 0 Å². The van der Waals surface area contributed by atoms with Gasteiger partial charge in [0.15, 0.2) is 0 Å². The first-order valence-electron chi connectivity index (χ1n) is 7.39. The number of anilines is 1. The summed E-state index contributed by atoms with van der Waals surface area (Å²) < 4.78 is 1.63. The maximum Gasteiger partial charge on any atom is 0.337 e. The minimum absolute atomic E-state index is 0.359. The fraction of sp³-hybridized carbons (Fsp3) is 0.562. The van der Waals surface area contributed by atoms with Crippen molar-refractivity contribution in [2.45, 2.75) is 39.5 Å². The van der Waals surface area contributed by atoms with E-state index < -0.39 is 5.97 Å². The summed E-state index contributed by atoms with van der Waals surface area (Å²) in [5, 5.41) is 9.45. The average Bonchev–Trinajstić information content (AvgIpc) is 2.35. The smallest absolute Gasteiger partial charge is 0.337 e. The number of aromatic carboxylic acids is 1. The molecule has 0 atom stereocenters. The largest absolute Gasteiger partial charge is 0.478 e. The zero-order valence-electron chi connectivity index (χ0n) is 12.5. The molecule has 3 nitrogen and oxygen atoms in total. The van der Waals surface area contributed by atoms with E-state index in [9.17, 15) is 9.90 Å². The molecule has 0 aromatic heterocycles. The molecule has 1 aliphatic heterocycles. The topological polar surface area (TPSA) is 40.5 Å². The predicted molar refractivity (Wildman–Crippen MR) is 93.3 cm³/mol. The molecule has 0 spiro atoms. The van der Waals surface area contributed by atoms with E-state index in [-0.39, 0.29) is 0 Å². The standard InChI is InChI=1S/C16H21Br2NO2/c1-3-5-16(6-4-2)9-19(10-16)14-12(15(20)21)7-11(17)8-13(14)18/h7-8H,3-6,9-10H2,1-2H3,(H,20,21). The zero-order chi connectivity index (χ0) is 15.6. The second-order valence-electron chi connectivity index (χ2n) is 5.94. The Balaban J connectivity index is 2.27. The molecule has 1 saturated heterocycles. The highest BCUT2D eigenvalue weighted by Crippen LogP contribution is 2.45. The summed E-state index contributed by atoms with van der Waals surface area (Å²) in [5.41, 5.74) is 1.54. The lowest BCUT2D eigenvalue weighted by molar-refractivity contribution is 0.0696. The second kappa shape index (κ2) is 6.69. The van der Waals surface area contributed by atoms with Gasteiger partial charge in [0.1, 0.15) is 0 Å². The molecule has 0 unspecified atom stereocenters. The van der Waals surface area contributed by atoms with Crippen LogP contribution in [0.1, 0.15) is 49.9 Å². The van der Waals surface area contributed by atoms with Gasteiger partial charge in [-0.1, -0.05) is 42.6 Å². The lowest BCUT2D eigenvalue weighted by atomic mass is 9.72. The molecule has 1 aliphatic rings. The molecule has 0 bridgehead atoms. The van der Waals surface area contributed by atoms with Gasteiger partial charge in [0.25, 0.3) is 0 Å². The van der Waals surface area contributed by atoms with E-state index >= 15 is 0 Å². The summed E-state index contributed by atoms with van der Waals surface area (Å²) in [7, 11) is 0. The molecule has 2 rings (SSSR count). The van der Waals surface area contributed by atoms with Crippen molar-refractivity contribution in [3.63, 3.8) is 0 Å². The fourth-order valence-electron chi connectivity index (χ4n) is 3.47. The van der Waals surface area contributed by atoms with Crippen LogP contribution in [0.3, 0.4) is 0 Å². The minimum atomic E-state index is -0.879. The molecule has 0 aliphatic carbocycles. The van der Waals surface area contributed by atoms with Gasteiger partial charge in [-0.25, -0.2) is 4.79 Å². The molecule has 116 valence electrons. The van der Waals surface area contributed by atoms with E-state index in [1.165, 1.54) is 25.7 Å². The van der Waals surface area contributed by atoms with Crippen molar-refractivity contribution >= 4 is 43.5 Å². The van der Waals surface area contributed by atoms with Crippen LogP contribution in [0.4, 0.5) is 5.69 Å². The molecule has 1 fully saturated rings. The van der Waals surface area contributed by atoms with Crippen LogP contribution in [0.5, 0.6) is 0 Å². The van der Waals surface area contributed by atoms with Crippen molar-refractivity contribution in [3.8, 4) is 0 Å². The highest BCUT2D eigenvalue weighted by atomic mass is 79.9. The summed E-state index contributed by atoms with van der Waals surface area (Å²) in [6, 6.07) is 3.60. The van der Waals surface area contributed by atoms with Gasteiger partial charge in [0, 0.05) is 27.4 Å². The predicted octanol–water partition coefficient (Wildman–Crippen LogP) is 5.32. The minimum Gasteiger partial charge on any atom is -0.478 e. The monoisotopic (exact) mass is 417 g/mol. The first kappa shape index (κ1) is 16.8. The number of hydrogen-bond donors (Lipinski definition) is 1. The summed E-state index contributed by atoms with van der Waals surface area (Å²) in [4.78, 5) is 13.7. The number of carboxylic acids is 1. The van der Waals surface area contributed by atoms with Gasteiger partial charge >= 0.3 is 5.97 Å². The Kier molecular flexibility index (Phi) is 5.36. The Labute approximate surface area is 143 Å². The van der Waals surface area contributed by atoms with E-state index in [1.807, 2.05) is 6.07 Å². The Bertz CT molecular complexity index is 531. The van der Waals surface area contributed by atoms with Crippen molar-refractivity contribution in [1.82, 2.24) is 0 Å². The molecule has 1 aromatic rings. The molecule has 1 heterocycles. The van der Waals surface area contributed by atoms with Crippen LogP contribution >= 0.6 is 31.9 Å². The van der Waals surface area contributed by atoms with Crippen molar-refractivity contribution in [2.24, 2.45) is 5.41 Å². The molecular formula is C16H21Br2NO2. The first-order chi connectivity index (χ1) is 9.92. The van der Waals surface area contributed by atoms with Gasteiger partial charge in [-0.05, 0) is 40.9 Å². The van der Waals surface area contributed by atoms with E-state index in [4.69, 9.17) is 0 Å². The molecule has 21 heavy (non-hydrogen) atoms. The normalized spacial score (nSPS) is 16.7. The maximum absolute atomic E-state index is 11.5. The van der Waals surface area contributed by atoms with Crippen molar-refractivity contribution in [3.05, 3.63) is 26.6 Å². The van der Waals surface area contributed by atoms with E-state index in [0.717, 1.165) is 27.7 Å². The number of carbonyl (C=O) groups is 1. The average molecular weight is 419 g/mol. The third kappa shape index (κ3) is 3.45. The van der Waals surface area contributed by atoms with E-state index in [2.05, 4.69) is 50.6 Å². The van der Waals surface area contributed by atoms with Gasteiger partial charge in [-0.3, -0.25) is 0 Å². The van der Waals surface area contributed by atoms with Crippen molar-refractivity contribution < 1.29 is 9.90 Å². The number of rotatable bonds is 6. The molecule has 1 aromatic carbocycles. The molecule has 0 amide bonds. The summed E-state index contributed by atoms with van der Waals surface area (Å²) >= 11 is 6.89. The van der Waals surface area contributed by atoms with Gasteiger partial charge in [-0.15, -0.1) is 0 Å². The van der Waals surface area contributed by atoms with Crippen LogP contribution < -0.4 is 4.90 Å². The number of carboxylic acid groups (broad SMARTS) is 1. The Morgan fingerprint density at radius 3 is 2.29 bits per heavy atom. The van der Waals surface area contributed by atoms with E-state index in [0.29, 0.717) is 11.0 Å². The highest BCUT2D eigenvalue weighted by Gasteiger charge is 2.42. The lowest BCUT2D eigenvalue weighted by Crippen LogP contribution is -2.56. The van der Waals surface area contributed by atoms with Gasteiger partial charge in [0.05, 0.1) is 11.3 Å². The number of halogens is 2. The first-order valence-corrected chi connectivity index (χ1v) is 8.98. The molecule has 0 saturated carbocycles. The number of nitrogens with zero attached hydrogens (tertiary/aromatic N) is 1. The Morgan fingerprint density at radius 2 is 1.81 bits per heavy atom. The molecule has 0 radical (unpaired) electrons. The SMILES string of the molecule is CCCC1(CCC)CN(c2c(Br)cc(Br)cc2C(=O)O)C1. The van der Waals surface area contributed by atoms with Crippen molar-refractivity contribution in [2.75, 3.05) is 18.0 Å². The molecule has 1 N–H and O–H groups in total. The van der Waals surface area contributed by atoms with Crippen LogP contribution in [-0.2, 0) is 0 Å². The van der Waals surface area contributed by atoms with Crippen LogP contribution in [0.2, 0.25) is 0 Å². The van der Waals surface area contributed by atoms with Gasteiger partial charge in [0.2, 0.25) is 0 Å². The van der Waals surface area contributed by atoms with E-state index in [1.54, 1.807) is 6.07 Å². The molecule has 5 heteroatoms. The summed E-state index contributed by atoms with van der Waals surface area (Å²) in [6.45, 7) is 6.35. The van der Waals surface area contributed by atoms with Crippen molar-refractivity contribution in [1.29, 1.82) is 0 Å². The number of benzene rings is 1. The third-order valence-corrected chi connectivity index (χ3v) is 5.25. The zero-order valence-corrected chi connectivity index (χ0v) is 15.6. The maximum atomic E-state index is 11.5. The lowest BCUT2D eigenvalue weighted by Gasteiger charge is -2.52. The Hall–Kier alpha value is -0.550. The summed E-state index contributed by atoms with van der Waals surface area (Å²) in [5.74, 6) is -0.879. The second-order valence-corrected chi connectivity index (χ2v) is 7.72. The van der Waals surface area contributed by atoms with Crippen LogP contribution in [0.15, 0.2) is 21.1 Å². The van der Waals surface area contributed by atoms with Gasteiger partial charge in [-0.2, -0.15) is 0 Å². The highest BCUT2D eigenvalue weighted by molar-refractivity contribution is 9.11.